The largest absolute Gasteiger partial charge is 0.480 e. The highest BCUT2D eigenvalue weighted by Crippen LogP contribution is 2.15. The third-order valence-corrected chi connectivity index (χ3v) is 3.41. The van der Waals surface area contributed by atoms with Gasteiger partial charge in [0, 0.05) is 17.0 Å². The number of halogens is 1. The minimum Gasteiger partial charge on any atom is -0.480 e. The van der Waals surface area contributed by atoms with E-state index in [1.165, 1.54) is 0 Å². The first kappa shape index (κ1) is 14.8. The predicted molar refractivity (Wildman–Crippen MR) is 70.6 cm³/mol. The van der Waals surface area contributed by atoms with Gasteiger partial charge in [0.1, 0.15) is 6.04 Å². The van der Waals surface area contributed by atoms with Gasteiger partial charge in [-0.2, -0.15) is 11.8 Å². The van der Waals surface area contributed by atoms with Gasteiger partial charge in [-0.3, -0.25) is 9.78 Å². The Balaban J connectivity index is 2.29. The molecular weight excluding hydrogens is 276 g/mol. The predicted octanol–water partition coefficient (Wildman–Crippen LogP) is 1.56. The SMILES string of the molecule is O=CNC(CCSCc1cc(Cl)ccn1)C(=O)O. The number of aliphatic carboxylic acids is 1. The number of pyridine rings is 1. The molecule has 1 heterocycles. The van der Waals surface area contributed by atoms with Crippen LogP contribution in [0, 0.1) is 0 Å². The van der Waals surface area contributed by atoms with E-state index in [0.29, 0.717) is 29.4 Å². The molecule has 0 aromatic carbocycles. The lowest BCUT2D eigenvalue weighted by Crippen LogP contribution is -2.36. The zero-order valence-corrected chi connectivity index (χ0v) is 11.1. The van der Waals surface area contributed by atoms with Crippen LogP contribution in [0.25, 0.3) is 0 Å². The summed E-state index contributed by atoms with van der Waals surface area (Å²) in [5.41, 5.74) is 0.850. The summed E-state index contributed by atoms with van der Waals surface area (Å²) in [5, 5.41) is 11.7. The Morgan fingerprint density at radius 3 is 3.06 bits per heavy atom. The number of aromatic nitrogens is 1. The number of thioether (sulfide) groups is 1. The number of amides is 1. The zero-order chi connectivity index (χ0) is 13.4. The van der Waals surface area contributed by atoms with Crippen LogP contribution in [0.2, 0.25) is 5.02 Å². The number of rotatable bonds is 8. The molecule has 2 N–H and O–H groups in total. The highest BCUT2D eigenvalue weighted by atomic mass is 35.5. The van der Waals surface area contributed by atoms with Crippen LogP contribution in [0.4, 0.5) is 0 Å². The fourth-order valence-corrected chi connectivity index (χ4v) is 2.36. The van der Waals surface area contributed by atoms with Crippen molar-refractivity contribution in [2.24, 2.45) is 0 Å². The van der Waals surface area contributed by atoms with E-state index >= 15 is 0 Å². The third-order valence-electron chi connectivity index (χ3n) is 2.15. The number of hydrogen-bond acceptors (Lipinski definition) is 4. The highest BCUT2D eigenvalue weighted by Gasteiger charge is 2.15. The number of carbonyl (C=O) groups is 2. The molecule has 0 fully saturated rings. The molecule has 5 nitrogen and oxygen atoms in total. The van der Waals surface area contributed by atoms with E-state index in [0.717, 1.165) is 5.69 Å². The number of carboxylic acid groups (broad SMARTS) is 1. The van der Waals surface area contributed by atoms with Gasteiger partial charge in [-0.05, 0) is 24.3 Å². The maximum Gasteiger partial charge on any atom is 0.326 e. The molecule has 0 aliphatic heterocycles. The van der Waals surface area contributed by atoms with E-state index in [-0.39, 0.29) is 0 Å². The second-order valence-corrected chi connectivity index (χ2v) is 5.02. The second-order valence-electron chi connectivity index (χ2n) is 3.48. The summed E-state index contributed by atoms with van der Waals surface area (Å²) in [7, 11) is 0. The van der Waals surface area contributed by atoms with Crippen LogP contribution in [-0.2, 0) is 15.3 Å². The highest BCUT2D eigenvalue weighted by molar-refractivity contribution is 7.98. The average molecular weight is 289 g/mol. The van der Waals surface area contributed by atoms with Crippen molar-refractivity contribution in [3.63, 3.8) is 0 Å². The Bertz CT molecular complexity index is 417. The van der Waals surface area contributed by atoms with E-state index < -0.39 is 12.0 Å². The molecule has 0 spiro atoms. The Morgan fingerprint density at radius 2 is 2.44 bits per heavy atom. The number of nitrogens with zero attached hydrogens (tertiary/aromatic N) is 1. The summed E-state index contributed by atoms with van der Waals surface area (Å²) < 4.78 is 0. The van der Waals surface area contributed by atoms with E-state index in [2.05, 4.69) is 10.3 Å². The molecule has 1 aromatic rings. The fourth-order valence-electron chi connectivity index (χ4n) is 1.27. The average Bonchev–Trinajstić information content (AvgIpc) is 2.33. The molecular formula is C11H13ClN2O3S. The second kappa shape index (κ2) is 7.94. The zero-order valence-electron chi connectivity index (χ0n) is 9.51. The molecule has 0 saturated heterocycles. The van der Waals surface area contributed by atoms with Crippen molar-refractivity contribution in [1.82, 2.24) is 10.3 Å². The summed E-state index contributed by atoms with van der Waals surface area (Å²) in [6, 6.07) is 2.64. The van der Waals surface area contributed by atoms with E-state index in [9.17, 15) is 9.59 Å². The molecule has 1 aromatic heterocycles. The first-order valence-electron chi connectivity index (χ1n) is 5.24. The van der Waals surface area contributed by atoms with Gasteiger partial charge < -0.3 is 10.4 Å². The van der Waals surface area contributed by atoms with Gasteiger partial charge >= 0.3 is 5.97 Å². The number of carboxylic acids is 1. The van der Waals surface area contributed by atoms with Gasteiger partial charge in [-0.25, -0.2) is 4.79 Å². The van der Waals surface area contributed by atoms with Gasteiger partial charge in [0.25, 0.3) is 0 Å². The van der Waals surface area contributed by atoms with Gasteiger partial charge in [-0.1, -0.05) is 11.6 Å². The van der Waals surface area contributed by atoms with E-state index in [1.54, 1.807) is 30.1 Å². The molecule has 0 bridgehead atoms. The van der Waals surface area contributed by atoms with Crippen LogP contribution in [0.1, 0.15) is 12.1 Å². The van der Waals surface area contributed by atoms with Gasteiger partial charge in [0.05, 0.1) is 5.69 Å². The Morgan fingerprint density at radius 1 is 1.67 bits per heavy atom. The van der Waals surface area contributed by atoms with Crippen LogP contribution in [0.15, 0.2) is 18.3 Å². The first-order valence-corrected chi connectivity index (χ1v) is 6.77. The Labute approximate surface area is 114 Å². The van der Waals surface area contributed by atoms with Crippen molar-refractivity contribution in [2.75, 3.05) is 5.75 Å². The molecule has 1 unspecified atom stereocenters. The molecule has 7 heteroatoms. The lowest BCUT2D eigenvalue weighted by atomic mass is 10.2. The third kappa shape index (κ3) is 5.37. The van der Waals surface area contributed by atoms with Crippen LogP contribution in [-0.4, -0.2) is 34.3 Å². The summed E-state index contributed by atoms with van der Waals surface area (Å²) in [6.45, 7) is 0. The summed E-state index contributed by atoms with van der Waals surface area (Å²) in [5.74, 6) is 0.253. The van der Waals surface area contributed by atoms with Crippen LogP contribution < -0.4 is 5.32 Å². The first-order chi connectivity index (χ1) is 8.63. The van der Waals surface area contributed by atoms with E-state index in [1.807, 2.05) is 0 Å². The van der Waals surface area contributed by atoms with Crippen LogP contribution in [0.5, 0.6) is 0 Å². The van der Waals surface area contributed by atoms with Crippen molar-refractivity contribution >= 4 is 35.7 Å². The van der Waals surface area contributed by atoms with Crippen molar-refractivity contribution in [3.8, 4) is 0 Å². The Kier molecular flexibility index (Phi) is 6.53. The summed E-state index contributed by atoms with van der Waals surface area (Å²) >= 11 is 7.36. The molecule has 1 atom stereocenters. The van der Waals surface area contributed by atoms with Crippen molar-refractivity contribution in [2.45, 2.75) is 18.2 Å². The maximum atomic E-state index is 10.7. The van der Waals surface area contributed by atoms with Gasteiger partial charge in [0.2, 0.25) is 6.41 Å². The molecule has 18 heavy (non-hydrogen) atoms. The molecule has 0 aliphatic rings. The minimum atomic E-state index is -1.02. The quantitative estimate of drug-likeness (QED) is 0.560. The summed E-state index contributed by atoms with van der Waals surface area (Å²) in [4.78, 5) is 25.1. The number of hydrogen-bond donors (Lipinski definition) is 2. The standard InChI is InChI=1S/C11H13ClN2O3S/c12-8-1-3-13-9(5-8)6-18-4-2-10(11(16)17)14-7-15/h1,3,5,7,10H,2,4,6H2,(H,14,15)(H,16,17). The molecule has 1 amide bonds. The molecule has 0 saturated carbocycles. The maximum absolute atomic E-state index is 10.7. The summed E-state index contributed by atoms with van der Waals surface area (Å²) in [6.07, 6.45) is 2.41. The van der Waals surface area contributed by atoms with E-state index in [4.69, 9.17) is 16.7 Å². The normalized spacial score (nSPS) is 11.8. The van der Waals surface area contributed by atoms with Crippen molar-refractivity contribution in [3.05, 3.63) is 29.0 Å². The van der Waals surface area contributed by atoms with Gasteiger partial charge in [0.15, 0.2) is 0 Å². The topological polar surface area (TPSA) is 79.3 Å². The number of carbonyl (C=O) groups excluding carboxylic acids is 1. The molecule has 0 radical (unpaired) electrons. The van der Waals surface area contributed by atoms with Gasteiger partial charge in [-0.15, -0.1) is 0 Å². The fraction of sp³-hybridized carbons (Fsp3) is 0.364. The molecule has 1 rings (SSSR count). The molecule has 98 valence electrons. The Hall–Kier alpha value is -1.27. The van der Waals surface area contributed by atoms with Crippen LogP contribution in [0.3, 0.4) is 0 Å². The minimum absolute atomic E-state index is 0.374. The number of nitrogens with one attached hydrogen (secondary N) is 1. The monoisotopic (exact) mass is 288 g/mol. The van der Waals surface area contributed by atoms with Crippen molar-refractivity contribution in [1.29, 1.82) is 0 Å². The van der Waals surface area contributed by atoms with Crippen molar-refractivity contribution < 1.29 is 14.7 Å². The lowest BCUT2D eigenvalue weighted by molar-refractivity contribution is -0.140. The van der Waals surface area contributed by atoms with Crippen LogP contribution >= 0.6 is 23.4 Å². The molecule has 0 aliphatic carbocycles. The smallest absolute Gasteiger partial charge is 0.326 e. The lowest BCUT2D eigenvalue weighted by Gasteiger charge is -2.10.